The predicted octanol–water partition coefficient (Wildman–Crippen LogP) is 3.70. The summed E-state index contributed by atoms with van der Waals surface area (Å²) in [5.74, 6) is 0.450. The lowest BCUT2D eigenvalue weighted by molar-refractivity contribution is -0.113. The normalized spacial score (nSPS) is 15.7. The molecular weight excluding hydrogens is 212 g/mol. The highest BCUT2D eigenvalue weighted by molar-refractivity contribution is 6.23. The van der Waals surface area contributed by atoms with E-state index in [1.807, 2.05) is 6.07 Å². The average Bonchev–Trinajstić information content (AvgIpc) is 2.68. The number of carbonyl (C=O) groups excluding carboxylic acids is 1. The Balaban J connectivity index is 2.35. The lowest BCUT2D eigenvalue weighted by Gasteiger charge is -2.06. The van der Waals surface area contributed by atoms with Gasteiger partial charge in [-0.2, -0.15) is 0 Å². The minimum Gasteiger partial charge on any atom is -0.508 e. The number of rotatable bonds is 4. The molecule has 0 saturated carbocycles. The topological polar surface area (TPSA) is 37.3 Å². The average molecular weight is 230 g/mol. The van der Waals surface area contributed by atoms with Crippen molar-refractivity contribution >= 4 is 11.4 Å². The summed E-state index contributed by atoms with van der Waals surface area (Å²) in [6.45, 7) is 2.16. The van der Waals surface area contributed by atoms with Crippen molar-refractivity contribution in [2.75, 3.05) is 0 Å². The fourth-order valence-corrected chi connectivity index (χ4v) is 2.38. The van der Waals surface area contributed by atoms with Gasteiger partial charge < -0.3 is 5.11 Å². The molecular formula is C15H18O2. The standard InChI is InChI=1S/C15H18O2/c1-2-3-5-11-8-9-14(17)15(11)12-6-4-7-13(16)10-12/h4,6-7,10,16H,2-3,5,8-9H2,1H3. The highest BCUT2D eigenvalue weighted by Crippen LogP contribution is 2.34. The van der Waals surface area contributed by atoms with Crippen molar-refractivity contribution in [2.24, 2.45) is 0 Å². The summed E-state index contributed by atoms with van der Waals surface area (Å²) >= 11 is 0. The fraction of sp³-hybridized carbons (Fsp3) is 0.400. The number of aromatic hydroxyl groups is 1. The number of phenols is 1. The Morgan fingerprint density at radius 3 is 2.82 bits per heavy atom. The van der Waals surface area contributed by atoms with Crippen LogP contribution in [-0.4, -0.2) is 10.9 Å². The Kier molecular flexibility index (Phi) is 3.62. The first-order valence-electron chi connectivity index (χ1n) is 6.27. The number of ketones is 1. The van der Waals surface area contributed by atoms with Gasteiger partial charge in [0.05, 0.1) is 0 Å². The summed E-state index contributed by atoms with van der Waals surface area (Å²) in [5, 5.41) is 9.49. The van der Waals surface area contributed by atoms with Crippen LogP contribution in [-0.2, 0) is 4.79 Å². The molecule has 17 heavy (non-hydrogen) atoms. The van der Waals surface area contributed by atoms with Crippen molar-refractivity contribution < 1.29 is 9.90 Å². The zero-order valence-electron chi connectivity index (χ0n) is 10.2. The molecule has 1 aliphatic rings. The first-order valence-corrected chi connectivity index (χ1v) is 6.27. The molecule has 1 aromatic rings. The van der Waals surface area contributed by atoms with Crippen molar-refractivity contribution in [3.05, 3.63) is 35.4 Å². The van der Waals surface area contributed by atoms with Crippen LogP contribution in [0.5, 0.6) is 5.75 Å². The molecule has 2 nitrogen and oxygen atoms in total. The number of allylic oxidation sites excluding steroid dienone is 2. The molecule has 1 aliphatic carbocycles. The monoisotopic (exact) mass is 230 g/mol. The molecule has 0 saturated heterocycles. The number of hydrogen-bond acceptors (Lipinski definition) is 2. The van der Waals surface area contributed by atoms with E-state index in [4.69, 9.17) is 0 Å². The van der Waals surface area contributed by atoms with Gasteiger partial charge >= 0.3 is 0 Å². The molecule has 2 heteroatoms. The molecule has 0 atom stereocenters. The van der Waals surface area contributed by atoms with Gasteiger partial charge in [-0.1, -0.05) is 31.1 Å². The van der Waals surface area contributed by atoms with Crippen molar-refractivity contribution in [3.8, 4) is 5.75 Å². The number of carbonyl (C=O) groups is 1. The fourth-order valence-electron chi connectivity index (χ4n) is 2.38. The van der Waals surface area contributed by atoms with Crippen molar-refractivity contribution in [2.45, 2.75) is 39.0 Å². The van der Waals surface area contributed by atoms with Crippen molar-refractivity contribution in [3.63, 3.8) is 0 Å². The highest BCUT2D eigenvalue weighted by atomic mass is 16.3. The number of benzene rings is 1. The van der Waals surface area contributed by atoms with E-state index < -0.39 is 0 Å². The first-order chi connectivity index (χ1) is 8.22. The third-order valence-corrected chi connectivity index (χ3v) is 3.25. The number of unbranched alkanes of at least 4 members (excludes halogenated alkanes) is 1. The maximum absolute atomic E-state index is 11.9. The summed E-state index contributed by atoms with van der Waals surface area (Å²) in [6, 6.07) is 7.02. The summed E-state index contributed by atoms with van der Waals surface area (Å²) in [4.78, 5) is 11.9. The summed E-state index contributed by atoms with van der Waals surface area (Å²) in [7, 11) is 0. The molecule has 0 heterocycles. The number of hydrogen-bond donors (Lipinski definition) is 1. The molecule has 0 unspecified atom stereocenters. The molecule has 0 fully saturated rings. The zero-order chi connectivity index (χ0) is 12.3. The third kappa shape index (κ3) is 2.57. The smallest absolute Gasteiger partial charge is 0.163 e. The van der Waals surface area contributed by atoms with Gasteiger partial charge in [-0.05, 0) is 37.0 Å². The van der Waals surface area contributed by atoms with Gasteiger partial charge in [-0.15, -0.1) is 0 Å². The van der Waals surface area contributed by atoms with E-state index in [9.17, 15) is 9.90 Å². The molecule has 1 N–H and O–H groups in total. The highest BCUT2D eigenvalue weighted by Gasteiger charge is 2.23. The van der Waals surface area contributed by atoms with Gasteiger partial charge in [0.15, 0.2) is 5.78 Å². The lowest BCUT2D eigenvalue weighted by Crippen LogP contribution is -1.96. The van der Waals surface area contributed by atoms with Crippen LogP contribution in [0.1, 0.15) is 44.6 Å². The van der Waals surface area contributed by atoms with Gasteiger partial charge in [-0.25, -0.2) is 0 Å². The van der Waals surface area contributed by atoms with Gasteiger partial charge in [0.25, 0.3) is 0 Å². The van der Waals surface area contributed by atoms with E-state index in [2.05, 4.69) is 6.92 Å². The molecule has 2 rings (SSSR count). The predicted molar refractivity (Wildman–Crippen MR) is 68.8 cm³/mol. The van der Waals surface area contributed by atoms with Crippen LogP contribution in [0.15, 0.2) is 29.8 Å². The zero-order valence-corrected chi connectivity index (χ0v) is 10.2. The van der Waals surface area contributed by atoms with Crippen LogP contribution in [0, 0.1) is 0 Å². The van der Waals surface area contributed by atoms with Crippen LogP contribution >= 0.6 is 0 Å². The van der Waals surface area contributed by atoms with Gasteiger partial charge in [0.2, 0.25) is 0 Å². The van der Waals surface area contributed by atoms with E-state index in [0.29, 0.717) is 6.42 Å². The number of Topliss-reactive ketones (excluding diaryl/α,β-unsaturated/α-hetero) is 1. The van der Waals surface area contributed by atoms with Crippen LogP contribution in [0.25, 0.3) is 5.57 Å². The van der Waals surface area contributed by atoms with Gasteiger partial charge in [0, 0.05) is 12.0 Å². The minimum atomic E-state index is 0.224. The minimum absolute atomic E-state index is 0.224. The second kappa shape index (κ2) is 5.17. The Hall–Kier alpha value is -1.57. The van der Waals surface area contributed by atoms with E-state index in [1.54, 1.807) is 18.2 Å². The lowest BCUT2D eigenvalue weighted by atomic mass is 9.98. The van der Waals surface area contributed by atoms with Crippen LogP contribution in [0.4, 0.5) is 0 Å². The Morgan fingerprint density at radius 1 is 1.29 bits per heavy atom. The van der Waals surface area contributed by atoms with Gasteiger partial charge in [0.1, 0.15) is 5.75 Å². The summed E-state index contributed by atoms with van der Waals surface area (Å²) < 4.78 is 0. The Bertz CT molecular complexity index is 458. The molecule has 0 radical (unpaired) electrons. The Labute approximate surface area is 102 Å². The molecule has 0 aliphatic heterocycles. The maximum atomic E-state index is 11.9. The molecule has 0 spiro atoms. The van der Waals surface area contributed by atoms with Crippen molar-refractivity contribution in [1.82, 2.24) is 0 Å². The first kappa shape index (κ1) is 11.9. The molecule has 1 aromatic carbocycles. The van der Waals surface area contributed by atoms with E-state index in [-0.39, 0.29) is 11.5 Å². The second-order valence-corrected chi connectivity index (χ2v) is 4.56. The summed E-state index contributed by atoms with van der Waals surface area (Å²) in [5.41, 5.74) is 3.00. The van der Waals surface area contributed by atoms with Crippen LogP contribution in [0.2, 0.25) is 0 Å². The maximum Gasteiger partial charge on any atom is 0.163 e. The van der Waals surface area contributed by atoms with Gasteiger partial charge in [-0.3, -0.25) is 4.79 Å². The molecule has 0 bridgehead atoms. The quantitative estimate of drug-likeness (QED) is 0.856. The van der Waals surface area contributed by atoms with Crippen molar-refractivity contribution in [1.29, 1.82) is 0 Å². The summed E-state index contributed by atoms with van der Waals surface area (Å²) in [6.07, 6.45) is 4.80. The SMILES string of the molecule is CCCCC1=C(c2cccc(O)c2)C(=O)CC1. The molecule has 90 valence electrons. The third-order valence-electron chi connectivity index (χ3n) is 3.25. The van der Waals surface area contributed by atoms with E-state index in [1.165, 1.54) is 5.57 Å². The van der Waals surface area contributed by atoms with E-state index >= 15 is 0 Å². The molecule has 0 aromatic heterocycles. The largest absolute Gasteiger partial charge is 0.508 e. The molecule has 0 amide bonds. The van der Waals surface area contributed by atoms with Crippen LogP contribution in [0.3, 0.4) is 0 Å². The van der Waals surface area contributed by atoms with E-state index in [0.717, 1.165) is 36.8 Å². The van der Waals surface area contributed by atoms with Crippen LogP contribution < -0.4 is 0 Å². The number of phenolic OH excluding ortho intramolecular Hbond substituents is 1. The Morgan fingerprint density at radius 2 is 2.12 bits per heavy atom. The second-order valence-electron chi connectivity index (χ2n) is 4.56.